The van der Waals surface area contributed by atoms with Crippen LogP contribution in [-0.4, -0.2) is 4.98 Å². The van der Waals surface area contributed by atoms with Crippen molar-refractivity contribution in [2.24, 2.45) is 0 Å². The number of aryl methyl sites for hydroxylation is 1. The van der Waals surface area contributed by atoms with Gasteiger partial charge in [-0.15, -0.1) is 0 Å². The van der Waals surface area contributed by atoms with Gasteiger partial charge in [0, 0.05) is 11.1 Å². The standard InChI is InChI=1S/C13H12F3N/c1-2-3-11-6-4-9-8-10(13(14,15)16)5-7-12(9)17-11/h4-8H,2-3H2,1H3. The van der Waals surface area contributed by atoms with Crippen LogP contribution >= 0.6 is 0 Å². The largest absolute Gasteiger partial charge is 0.416 e. The minimum Gasteiger partial charge on any atom is -0.253 e. The van der Waals surface area contributed by atoms with E-state index in [9.17, 15) is 13.2 Å². The zero-order chi connectivity index (χ0) is 12.5. The highest BCUT2D eigenvalue weighted by Crippen LogP contribution is 2.31. The molecule has 0 fully saturated rings. The van der Waals surface area contributed by atoms with Crippen molar-refractivity contribution in [1.29, 1.82) is 0 Å². The van der Waals surface area contributed by atoms with Crippen molar-refractivity contribution in [3.8, 4) is 0 Å². The molecule has 0 aliphatic heterocycles. The fourth-order valence-corrected chi connectivity index (χ4v) is 1.74. The van der Waals surface area contributed by atoms with Crippen LogP contribution < -0.4 is 0 Å². The Hall–Kier alpha value is -1.58. The fraction of sp³-hybridized carbons (Fsp3) is 0.308. The van der Waals surface area contributed by atoms with Crippen molar-refractivity contribution in [2.75, 3.05) is 0 Å². The van der Waals surface area contributed by atoms with Gasteiger partial charge in [0.05, 0.1) is 11.1 Å². The highest BCUT2D eigenvalue weighted by atomic mass is 19.4. The molecule has 0 N–H and O–H groups in total. The summed E-state index contributed by atoms with van der Waals surface area (Å²) in [6.07, 6.45) is -2.48. The zero-order valence-electron chi connectivity index (χ0n) is 9.38. The van der Waals surface area contributed by atoms with Crippen molar-refractivity contribution in [3.63, 3.8) is 0 Å². The second-order valence-electron chi connectivity index (χ2n) is 3.96. The summed E-state index contributed by atoms with van der Waals surface area (Å²) in [5.41, 5.74) is 0.902. The Kier molecular flexibility index (Phi) is 3.05. The molecule has 1 nitrogen and oxygen atoms in total. The number of rotatable bonds is 2. The molecule has 0 aliphatic carbocycles. The molecular formula is C13H12F3N. The summed E-state index contributed by atoms with van der Waals surface area (Å²) in [5.74, 6) is 0. The number of halogens is 3. The third-order valence-corrected chi connectivity index (χ3v) is 2.58. The third kappa shape index (κ3) is 2.57. The molecule has 1 aromatic heterocycles. The van der Waals surface area contributed by atoms with Gasteiger partial charge in [0.25, 0.3) is 0 Å². The molecule has 0 radical (unpaired) electrons. The number of aromatic nitrogens is 1. The van der Waals surface area contributed by atoms with Gasteiger partial charge in [-0.2, -0.15) is 13.2 Å². The van der Waals surface area contributed by atoms with Gasteiger partial charge in [-0.05, 0) is 30.7 Å². The van der Waals surface area contributed by atoms with Gasteiger partial charge < -0.3 is 0 Å². The zero-order valence-corrected chi connectivity index (χ0v) is 9.38. The van der Waals surface area contributed by atoms with Crippen molar-refractivity contribution in [1.82, 2.24) is 4.98 Å². The average Bonchev–Trinajstić information content (AvgIpc) is 2.27. The molecule has 0 bridgehead atoms. The van der Waals surface area contributed by atoms with Gasteiger partial charge in [-0.3, -0.25) is 4.98 Å². The Morgan fingerprint density at radius 1 is 1.12 bits per heavy atom. The third-order valence-electron chi connectivity index (χ3n) is 2.58. The van der Waals surface area contributed by atoms with Crippen molar-refractivity contribution < 1.29 is 13.2 Å². The van der Waals surface area contributed by atoms with Crippen LogP contribution in [0.15, 0.2) is 30.3 Å². The molecular weight excluding hydrogens is 227 g/mol. The van der Waals surface area contributed by atoms with E-state index in [-0.39, 0.29) is 0 Å². The van der Waals surface area contributed by atoms with E-state index in [1.807, 2.05) is 6.92 Å². The highest BCUT2D eigenvalue weighted by Gasteiger charge is 2.30. The van der Waals surface area contributed by atoms with Crippen LogP contribution in [0.2, 0.25) is 0 Å². The molecule has 1 aromatic carbocycles. The van der Waals surface area contributed by atoms with Crippen LogP contribution in [0.4, 0.5) is 13.2 Å². The molecule has 0 unspecified atom stereocenters. The summed E-state index contributed by atoms with van der Waals surface area (Å²) in [6, 6.07) is 7.12. The molecule has 90 valence electrons. The van der Waals surface area contributed by atoms with Crippen molar-refractivity contribution >= 4 is 10.9 Å². The minimum absolute atomic E-state index is 0.527. The first-order valence-corrected chi connectivity index (χ1v) is 5.47. The average molecular weight is 239 g/mol. The summed E-state index contributed by atoms with van der Waals surface area (Å²) in [4.78, 5) is 4.32. The summed E-state index contributed by atoms with van der Waals surface area (Å²) in [7, 11) is 0. The molecule has 0 aliphatic rings. The Morgan fingerprint density at radius 2 is 1.88 bits per heavy atom. The lowest BCUT2D eigenvalue weighted by atomic mass is 10.1. The number of fused-ring (bicyclic) bond motifs is 1. The van der Waals surface area contributed by atoms with Gasteiger partial charge in [0.2, 0.25) is 0 Å². The number of alkyl halides is 3. The van der Waals surface area contributed by atoms with Crippen LogP contribution in [-0.2, 0) is 12.6 Å². The van der Waals surface area contributed by atoms with Crippen LogP contribution in [0.1, 0.15) is 24.6 Å². The van der Waals surface area contributed by atoms with Crippen LogP contribution in [0.25, 0.3) is 10.9 Å². The van der Waals surface area contributed by atoms with E-state index in [1.165, 1.54) is 6.07 Å². The predicted octanol–water partition coefficient (Wildman–Crippen LogP) is 4.21. The Labute approximate surface area is 97.3 Å². The Morgan fingerprint density at radius 3 is 2.53 bits per heavy atom. The molecule has 4 heteroatoms. The number of benzene rings is 1. The summed E-state index contributed by atoms with van der Waals surface area (Å²) in [5, 5.41) is 0.527. The van der Waals surface area contributed by atoms with E-state index < -0.39 is 11.7 Å². The van der Waals surface area contributed by atoms with Crippen LogP contribution in [0.5, 0.6) is 0 Å². The molecule has 1 heterocycles. The van der Waals surface area contributed by atoms with Gasteiger partial charge >= 0.3 is 6.18 Å². The number of hydrogen-bond acceptors (Lipinski definition) is 1. The maximum absolute atomic E-state index is 12.5. The summed E-state index contributed by atoms with van der Waals surface area (Å²) >= 11 is 0. The van der Waals surface area contributed by atoms with E-state index in [1.54, 1.807) is 12.1 Å². The maximum Gasteiger partial charge on any atom is 0.416 e. The number of nitrogens with zero attached hydrogens (tertiary/aromatic N) is 1. The topological polar surface area (TPSA) is 12.9 Å². The molecule has 17 heavy (non-hydrogen) atoms. The van der Waals surface area contributed by atoms with Gasteiger partial charge in [0.1, 0.15) is 0 Å². The first-order chi connectivity index (χ1) is 8.00. The van der Waals surface area contributed by atoms with Crippen LogP contribution in [0, 0.1) is 0 Å². The number of pyridine rings is 1. The van der Waals surface area contributed by atoms with E-state index in [4.69, 9.17) is 0 Å². The number of hydrogen-bond donors (Lipinski definition) is 0. The van der Waals surface area contributed by atoms with Gasteiger partial charge in [-0.25, -0.2) is 0 Å². The first-order valence-electron chi connectivity index (χ1n) is 5.47. The molecule has 0 saturated heterocycles. The van der Waals surface area contributed by atoms with Gasteiger partial charge in [-0.1, -0.05) is 19.4 Å². The molecule has 2 rings (SSSR count). The van der Waals surface area contributed by atoms with Gasteiger partial charge in [0.15, 0.2) is 0 Å². The van der Waals surface area contributed by atoms with Crippen molar-refractivity contribution in [2.45, 2.75) is 25.9 Å². The lowest BCUT2D eigenvalue weighted by Gasteiger charge is -2.08. The normalized spacial score (nSPS) is 12.0. The molecule has 2 aromatic rings. The second-order valence-corrected chi connectivity index (χ2v) is 3.96. The van der Waals surface area contributed by atoms with Crippen LogP contribution in [0.3, 0.4) is 0 Å². The molecule has 0 spiro atoms. The van der Waals surface area contributed by atoms with E-state index in [2.05, 4.69) is 4.98 Å². The second kappa shape index (κ2) is 4.35. The lowest BCUT2D eigenvalue weighted by molar-refractivity contribution is -0.137. The Balaban J connectivity index is 2.47. The van der Waals surface area contributed by atoms with E-state index in [0.29, 0.717) is 10.9 Å². The quantitative estimate of drug-likeness (QED) is 0.765. The molecule has 0 atom stereocenters. The maximum atomic E-state index is 12.5. The molecule has 0 amide bonds. The molecule has 0 saturated carbocycles. The summed E-state index contributed by atoms with van der Waals surface area (Å²) < 4.78 is 37.5. The highest BCUT2D eigenvalue weighted by molar-refractivity contribution is 5.79. The van der Waals surface area contributed by atoms with E-state index in [0.717, 1.165) is 30.7 Å². The van der Waals surface area contributed by atoms with E-state index >= 15 is 0 Å². The first kappa shape index (κ1) is 11.9. The minimum atomic E-state index is -4.30. The predicted molar refractivity (Wildman–Crippen MR) is 60.7 cm³/mol. The smallest absolute Gasteiger partial charge is 0.253 e. The fourth-order valence-electron chi connectivity index (χ4n) is 1.74. The van der Waals surface area contributed by atoms with Crippen molar-refractivity contribution in [3.05, 3.63) is 41.6 Å². The SMILES string of the molecule is CCCc1ccc2cc(C(F)(F)F)ccc2n1. The monoisotopic (exact) mass is 239 g/mol. The summed E-state index contributed by atoms with van der Waals surface area (Å²) in [6.45, 7) is 2.04. The Bertz CT molecular complexity index is 532. The lowest BCUT2D eigenvalue weighted by Crippen LogP contribution is -2.04.